The molecule has 0 unspecified atom stereocenters. The summed E-state index contributed by atoms with van der Waals surface area (Å²) < 4.78 is 2.46. The summed E-state index contributed by atoms with van der Waals surface area (Å²) in [4.78, 5) is 12.9. The highest BCUT2D eigenvalue weighted by Gasteiger charge is 2.07. The van der Waals surface area contributed by atoms with Gasteiger partial charge in [0.15, 0.2) is 6.29 Å². The summed E-state index contributed by atoms with van der Waals surface area (Å²) in [5.41, 5.74) is 0. The molecule has 2 heterocycles. The van der Waals surface area contributed by atoms with Gasteiger partial charge < -0.3 is 0 Å². The fraction of sp³-hybridized carbons (Fsp3) is 0.0714. The van der Waals surface area contributed by atoms with Crippen molar-refractivity contribution in [1.29, 1.82) is 0 Å². The molecule has 0 atom stereocenters. The van der Waals surface area contributed by atoms with Gasteiger partial charge in [0.2, 0.25) is 0 Å². The minimum atomic E-state index is 0.797. The van der Waals surface area contributed by atoms with E-state index in [2.05, 4.69) is 24.3 Å². The Kier molecular flexibility index (Phi) is 2.57. The van der Waals surface area contributed by atoms with Crippen LogP contribution in [0.5, 0.6) is 0 Å². The average molecular weight is 258 g/mol. The van der Waals surface area contributed by atoms with Crippen molar-refractivity contribution in [2.75, 3.05) is 0 Å². The van der Waals surface area contributed by atoms with Crippen LogP contribution >= 0.6 is 22.7 Å². The molecule has 0 aliphatic carbocycles. The van der Waals surface area contributed by atoms with Crippen molar-refractivity contribution >= 4 is 55.2 Å². The Balaban J connectivity index is 2.37. The number of allylic oxidation sites excluding steroid dienone is 1. The summed E-state index contributed by atoms with van der Waals surface area (Å²) in [5.74, 6) is 0. The minimum Gasteiger partial charge on any atom is -0.297 e. The van der Waals surface area contributed by atoms with E-state index in [1.807, 2.05) is 19.1 Å². The molecule has 0 saturated carbocycles. The normalized spacial score (nSPS) is 11.8. The molecule has 3 heteroatoms. The highest BCUT2D eigenvalue weighted by molar-refractivity contribution is 7.22. The third kappa shape index (κ3) is 1.72. The third-order valence-corrected chi connectivity index (χ3v) is 4.77. The van der Waals surface area contributed by atoms with Crippen LogP contribution in [0, 0.1) is 0 Å². The molecule has 1 aromatic carbocycles. The van der Waals surface area contributed by atoms with E-state index < -0.39 is 0 Å². The van der Waals surface area contributed by atoms with E-state index in [0.29, 0.717) is 0 Å². The van der Waals surface area contributed by atoms with Crippen molar-refractivity contribution in [3.8, 4) is 0 Å². The fourth-order valence-electron chi connectivity index (χ4n) is 1.97. The maximum atomic E-state index is 10.8. The summed E-state index contributed by atoms with van der Waals surface area (Å²) in [6.07, 6.45) is 5.09. The molecule has 0 fully saturated rings. The number of hydrogen-bond donors (Lipinski definition) is 0. The van der Waals surface area contributed by atoms with Gasteiger partial charge in [-0.15, -0.1) is 22.7 Å². The zero-order valence-electron chi connectivity index (χ0n) is 9.27. The predicted octanol–water partition coefficient (Wildman–Crippen LogP) is 4.96. The Hall–Kier alpha value is -1.45. The van der Waals surface area contributed by atoms with E-state index in [0.717, 1.165) is 11.2 Å². The molecule has 0 bridgehead atoms. The second-order valence-electron chi connectivity index (χ2n) is 3.80. The number of fused-ring (bicyclic) bond motifs is 3. The van der Waals surface area contributed by atoms with Crippen LogP contribution in [0.25, 0.3) is 26.2 Å². The Morgan fingerprint density at radius 2 is 1.59 bits per heavy atom. The average Bonchev–Trinajstić information content (AvgIpc) is 2.90. The van der Waals surface area contributed by atoms with Gasteiger partial charge in [0.25, 0.3) is 0 Å². The molecule has 2 aromatic heterocycles. The number of carbonyl (C=O) groups is 1. The summed E-state index contributed by atoms with van der Waals surface area (Å²) in [6, 6.07) is 8.43. The van der Waals surface area contributed by atoms with Crippen LogP contribution in [-0.2, 0) is 0 Å². The Morgan fingerprint density at radius 3 is 2.18 bits per heavy atom. The van der Waals surface area contributed by atoms with Gasteiger partial charge in [0.05, 0.1) is 4.88 Å². The number of hydrogen-bond acceptors (Lipinski definition) is 3. The van der Waals surface area contributed by atoms with E-state index >= 15 is 0 Å². The first-order chi connectivity index (χ1) is 8.31. The first kappa shape index (κ1) is 10.7. The molecule has 0 amide bonds. The first-order valence-corrected chi connectivity index (χ1v) is 6.99. The standard InChI is InChI=1S/C14H10OS2/c1-2-3-9-6-11-12-7-10(8-15)17-14(12)5-4-13(11)16-9/h2-8H,1H3. The second kappa shape index (κ2) is 4.09. The summed E-state index contributed by atoms with van der Waals surface area (Å²) in [6.45, 7) is 2.02. The summed E-state index contributed by atoms with van der Waals surface area (Å²) in [7, 11) is 0. The number of thiophene rings is 2. The molecule has 3 aromatic rings. The first-order valence-electron chi connectivity index (χ1n) is 5.36. The van der Waals surface area contributed by atoms with Crippen LogP contribution in [0.2, 0.25) is 0 Å². The SMILES string of the molecule is CC=Cc1cc2c(ccc3sc(C=O)cc32)s1. The molecule has 0 radical (unpaired) electrons. The summed E-state index contributed by atoms with van der Waals surface area (Å²) >= 11 is 3.34. The Labute approximate surface area is 107 Å². The van der Waals surface area contributed by atoms with Crippen LogP contribution in [0.15, 0.2) is 30.3 Å². The van der Waals surface area contributed by atoms with Crippen LogP contribution in [0.4, 0.5) is 0 Å². The highest BCUT2D eigenvalue weighted by atomic mass is 32.1. The maximum absolute atomic E-state index is 10.8. The molecule has 17 heavy (non-hydrogen) atoms. The van der Waals surface area contributed by atoms with Gasteiger partial charge in [-0.3, -0.25) is 4.79 Å². The quantitative estimate of drug-likeness (QED) is 0.594. The van der Waals surface area contributed by atoms with Gasteiger partial charge >= 0.3 is 0 Å². The van der Waals surface area contributed by atoms with E-state index in [4.69, 9.17) is 0 Å². The van der Waals surface area contributed by atoms with Crippen LogP contribution < -0.4 is 0 Å². The fourth-order valence-corrected chi connectivity index (χ4v) is 3.92. The monoisotopic (exact) mass is 258 g/mol. The molecule has 0 N–H and O–H groups in total. The number of carbonyl (C=O) groups excluding carboxylic acids is 1. The lowest BCUT2D eigenvalue weighted by Crippen LogP contribution is -1.65. The van der Waals surface area contributed by atoms with Crippen molar-refractivity contribution in [1.82, 2.24) is 0 Å². The second-order valence-corrected chi connectivity index (χ2v) is 6.04. The molecule has 0 aliphatic heterocycles. The summed E-state index contributed by atoms with van der Waals surface area (Å²) in [5, 5.41) is 2.45. The van der Waals surface area contributed by atoms with Crippen LogP contribution in [0.1, 0.15) is 21.5 Å². The van der Waals surface area contributed by atoms with Gasteiger partial charge in [-0.25, -0.2) is 0 Å². The molecule has 0 aliphatic rings. The van der Waals surface area contributed by atoms with Gasteiger partial charge in [0, 0.05) is 25.0 Å². The zero-order valence-corrected chi connectivity index (χ0v) is 10.9. The molecule has 3 rings (SSSR count). The van der Waals surface area contributed by atoms with Gasteiger partial charge in [-0.05, 0) is 37.3 Å². The Morgan fingerprint density at radius 1 is 1.00 bits per heavy atom. The lowest BCUT2D eigenvalue weighted by Gasteiger charge is -1.90. The largest absolute Gasteiger partial charge is 0.297 e. The number of rotatable bonds is 2. The minimum absolute atomic E-state index is 0.797. The van der Waals surface area contributed by atoms with Crippen LogP contribution in [0.3, 0.4) is 0 Å². The van der Waals surface area contributed by atoms with Gasteiger partial charge in [-0.2, -0.15) is 0 Å². The van der Waals surface area contributed by atoms with Gasteiger partial charge in [-0.1, -0.05) is 6.08 Å². The van der Waals surface area contributed by atoms with Gasteiger partial charge in [0.1, 0.15) is 0 Å². The predicted molar refractivity (Wildman–Crippen MR) is 77.3 cm³/mol. The lowest BCUT2D eigenvalue weighted by molar-refractivity contribution is 0.112. The Bertz CT molecular complexity index is 731. The molecule has 84 valence electrons. The van der Waals surface area contributed by atoms with E-state index in [1.165, 1.54) is 25.0 Å². The molecular formula is C14H10OS2. The third-order valence-electron chi connectivity index (χ3n) is 2.68. The van der Waals surface area contributed by atoms with E-state index in [1.54, 1.807) is 22.7 Å². The molecule has 0 saturated heterocycles. The molecule has 1 nitrogen and oxygen atoms in total. The van der Waals surface area contributed by atoms with E-state index in [-0.39, 0.29) is 0 Å². The smallest absolute Gasteiger partial charge is 0.160 e. The van der Waals surface area contributed by atoms with Crippen LogP contribution in [-0.4, -0.2) is 6.29 Å². The molecule has 0 spiro atoms. The highest BCUT2D eigenvalue weighted by Crippen LogP contribution is 2.36. The topological polar surface area (TPSA) is 17.1 Å². The van der Waals surface area contributed by atoms with E-state index in [9.17, 15) is 4.79 Å². The number of aldehydes is 1. The lowest BCUT2D eigenvalue weighted by atomic mass is 10.1. The van der Waals surface area contributed by atoms with Crippen molar-refractivity contribution < 1.29 is 4.79 Å². The van der Waals surface area contributed by atoms with Crippen molar-refractivity contribution in [2.45, 2.75) is 6.92 Å². The van der Waals surface area contributed by atoms with Crippen molar-refractivity contribution in [2.24, 2.45) is 0 Å². The maximum Gasteiger partial charge on any atom is 0.160 e. The number of benzene rings is 1. The molecular weight excluding hydrogens is 248 g/mol. The zero-order chi connectivity index (χ0) is 11.8. The van der Waals surface area contributed by atoms with Crippen molar-refractivity contribution in [3.63, 3.8) is 0 Å². The van der Waals surface area contributed by atoms with Crippen molar-refractivity contribution in [3.05, 3.63) is 40.1 Å².